The van der Waals surface area contributed by atoms with Crippen molar-refractivity contribution in [1.29, 1.82) is 0 Å². The number of hydrogen-bond donors (Lipinski definition) is 1. The molecule has 2 heterocycles. The van der Waals surface area contributed by atoms with Crippen LogP contribution in [0.15, 0.2) is 35.7 Å². The Labute approximate surface area is 165 Å². The number of nitrogens with zero attached hydrogens (tertiary/aromatic N) is 4. The third-order valence-electron chi connectivity index (χ3n) is 4.51. The van der Waals surface area contributed by atoms with Crippen LogP contribution in [0, 0.1) is 0 Å². The number of amides is 1. The van der Waals surface area contributed by atoms with Crippen molar-refractivity contribution in [1.82, 2.24) is 20.2 Å². The Morgan fingerprint density at radius 3 is 2.96 bits per heavy atom. The van der Waals surface area contributed by atoms with Gasteiger partial charge in [-0.05, 0) is 66.1 Å². The molecule has 0 unspecified atom stereocenters. The monoisotopic (exact) mass is 397 g/mol. The average Bonchev–Trinajstić information content (AvgIpc) is 3.42. The number of esters is 1. The maximum atomic E-state index is 12.3. The summed E-state index contributed by atoms with van der Waals surface area (Å²) < 4.78 is 5.20. The van der Waals surface area contributed by atoms with E-state index in [2.05, 4.69) is 20.7 Å². The summed E-state index contributed by atoms with van der Waals surface area (Å²) in [4.78, 5) is 26.4. The van der Waals surface area contributed by atoms with E-state index in [1.807, 2.05) is 35.7 Å². The molecular formula is C19H19N5O3S. The number of hydrogen-bond acceptors (Lipinski definition) is 7. The molecule has 3 aromatic rings. The molecule has 1 aliphatic carbocycles. The van der Waals surface area contributed by atoms with E-state index in [9.17, 15) is 9.59 Å². The first kappa shape index (κ1) is 18.3. The lowest BCUT2D eigenvalue weighted by Gasteiger charge is -2.14. The molecule has 0 saturated heterocycles. The van der Waals surface area contributed by atoms with Gasteiger partial charge in [0.15, 0.2) is 12.6 Å². The van der Waals surface area contributed by atoms with Crippen LogP contribution in [0.4, 0.5) is 5.69 Å². The smallest absolute Gasteiger partial charge is 0.330 e. The van der Waals surface area contributed by atoms with Crippen molar-refractivity contribution in [3.63, 3.8) is 0 Å². The molecule has 1 amide bonds. The summed E-state index contributed by atoms with van der Waals surface area (Å²) in [7, 11) is 0. The first-order valence-corrected chi connectivity index (χ1v) is 9.90. The number of benzene rings is 1. The van der Waals surface area contributed by atoms with Crippen molar-refractivity contribution < 1.29 is 14.3 Å². The van der Waals surface area contributed by atoms with Crippen LogP contribution in [0.25, 0.3) is 10.7 Å². The molecule has 0 saturated carbocycles. The molecule has 0 spiro atoms. The van der Waals surface area contributed by atoms with E-state index in [4.69, 9.17) is 4.74 Å². The normalized spacial score (nSPS) is 13.8. The van der Waals surface area contributed by atoms with Crippen LogP contribution in [-0.2, 0) is 33.7 Å². The minimum absolute atomic E-state index is 0.213. The molecule has 9 heteroatoms. The standard InChI is InChI=1S/C19H19N5O3S/c1-12(19(26)20-15-8-7-13-4-2-5-14(13)10-15)27-17(25)11-24-22-18(21-23-24)16-6-3-9-28-16/h3,6-10,12H,2,4-5,11H2,1H3,(H,20,26)/t12-/m0/s1. The van der Waals surface area contributed by atoms with E-state index in [1.165, 1.54) is 29.4 Å². The molecule has 4 rings (SSSR count). The molecule has 28 heavy (non-hydrogen) atoms. The molecule has 1 atom stereocenters. The third-order valence-corrected chi connectivity index (χ3v) is 5.37. The minimum Gasteiger partial charge on any atom is -0.451 e. The van der Waals surface area contributed by atoms with Crippen LogP contribution >= 0.6 is 11.3 Å². The van der Waals surface area contributed by atoms with Crippen LogP contribution < -0.4 is 5.32 Å². The van der Waals surface area contributed by atoms with Crippen molar-refractivity contribution in [3.05, 3.63) is 46.8 Å². The van der Waals surface area contributed by atoms with Gasteiger partial charge in [-0.2, -0.15) is 4.80 Å². The summed E-state index contributed by atoms with van der Waals surface area (Å²) in [6.45, 7) is 1.32. The number of ether oxygens (including phenoxy) is 1. The van der Waals surface area contributed by atoms with Gasteiger partial charge in [0, 0.05) is 5.69 Å². The third kappa shape index (κ3) is 4.09. The molecular weight excluding hydrogens is 378 g/mol. The Morgan fingerprint density at radius 1 is 1.29 bits per heavy atom. The number of tetrazole rings is 1. The summed E-state index contributed by atoms with van der Waals surface area (Å²) in [6.07, 6.45) is 2.33. The van der Waals surface area contributed by atoms with Crippen molar-refractivity contribution >= 4 is 28.9 Å². The van der Waals surface area contributed by atoms with Gasteiger partial charge >= 0.3 is 5.97 Å². The highest BCUT2D eigenvalue weighted by atomic mass is 32.1. The zero-order valence-electron chi connectivity index (χ0n) is 15.3. The lowest BCUT2D eigenvalue weighted by atomic mass is 10.1. The van der Waals surface area contributed by atoms with Crippen LogP contribution in [0.1, 0.15) is 24.5 Å². The van der Waals surface area contributed by atoms with E-state index in [-0.39, 0.29) is 12.5 Å². The Bertz CT molecular complexity index is 999. The first-order valence-electron chi connectivity index (χ1n) is 9.02. The van der Waals surface area contributed by atoms with Gasteiger partial charge in [0.2, 0.25) is 5.82 Å². The molecule has 1 N–H and O–H groups in total. The molecule has 1 aromatic carbocycles. The number of anilines is 1. The van der Waals surface area contributed by atoms with Crippen LogP contribution in [0.3, 0.4) is 0 Å². The predicted molar refractivity (Wildman–Crippen MR) is 104 cm³/mol. The lowest BCUT2D eigenvalue weighted by Crippen LogP contribution is -2.31. The zero-order chi connectivity index (χ0) is 19.5. The van der Waals surface area contributed by atoms with Gasteiger partial charge in [0.05, 0.1) is 4.88 Å². The maximum Gasteiger partial charge on any atom is 0.330 e. The quantitative estimate of drug-likeness (QED) is 0.642. The lowest BCUT2D eigenvalue weighted by molar-refractivity contribution is -0.154. The molecule has 0 radical (unpaired) electrons. The van der Waals surface area contributed by atoms with E-state index >= 15 is 0 Å². The van der Waals surface area contributed by atoms with Gasteiger partial charge in [-0.25, -0.2) is 4.79 Å². The summed E-state index contributed by atoms with van der Waals surface area (Å²) in [5, 5.41) is 16.6. The van der Waals surface area contributed by atoms with Crippen molar-refractivity contribution in [3.8, 4) is 10.7 Å². The maximum absolute atomic E-state index is 12.3. The van der Waals surface area contributed by atoms with Gasteiger partial charge in [-0.15, -0.1) is 21.5 Å². The predicted octanol–water partition coefficient (Wildman–Crippen LogP) is 2.46. The zero-order valence-corrected chi connectivity index (χ0v) is 16.1. The number of aryl methyl sites for hydroxylation is 2. The summed E-state index contributed by atoms with van der Waals surface area (Å²) >= 11 is 1.48. The molecule has 8 nitrogen and oxygen atoms in total. The first-order chi connectivity index (χ1) is 13.6. The molecule has 0 fully saturated rings. The van der Waals surface area contributed by atoms with E-state index in [0.717, 1.165) is 28.9 Å². The molecule has 0 aliphatic heterocycles. The second kappa shape index (κ2) is 7.89. The Hall–Kier alpha value is -3.07. The highest BCUT2D eigenvalue weighted by Gasteiger charge is 2.20. The molecule has 144 valence electrons. The van der Waals surface area contributed by atoms with Crippen molar-refractivity contribution in [2.45, 2.75) is 38.8 Å². The number of fused-ring (bicyclic) bond motifs is 1. The summed E-state index contributed by atoms with van der Waals surface area (Å²) in [6, 6.07) is 9.66. The van der Waals surface area contributed by atoms with Crippen molar-refractivity contribution in [2.24, 2.45) is 0 Å². The number of rotatable bonds is 6. The van der Waals surface area contributed by atoms with E-state index in [1.54, 1.807) is 0 Å². The van der Waals surface area contributed by atoms with Gasteiger partial charge in [0.1, 0.15) is 0 Å². The van der Waals surface area contributed by atoms with Crippen LogP contribution in [-0.4, -0.2) is 38.2 Å². The Balaban J connectivity index is 1.31. The topological polar surface area (TPSA) is 99.0 Å². The van der Waals surface area contributed by atoms with E-state index < -0.39 is 12.1 Å². The summed E-state index contributed by atoms with van der Waals surface area (Å²) in [5.74, 6) is -0.533. The van der Waals surface area contributed by atoms with Gasteiger partial charge in [-0.3, -0.25) is 4.79 Å². The highest BCUT2D eigenvalue weighted by Crippen LogP contribution is 2.25. The van der Waals surface area contributed by atoms with E-state index in [0.29, 0.717) is 11.5 Å². The minimum atomic E-state index is -0.930. The molecule has 2 aromatic heterocycles. The SMILES string of the molecule is C[C@H](OC(=O)Cn1nnc(-c2cccs2)n1)C(=O)Nc1ccc2c(c1)CCC2. The number of nitrogens with one attached hydrogen (secondary N) is 1. The second-order valence-electron chi connectivity index (χ2n) is 6.58. The fourth-order valence-electron chi connectivity index (χ4n) is 3.11. The second-order valence-corrected chi connectivity index (χ2v) is 7.53. The Kier molecular flexibility index (Phi) is 5.16. The average molecular weight is 397 g/mol. The fourth-order valence-corrected chi connectivity index (χ4v) is 3.76. The number of carbonyl (C=O) groups is 2. The van der Waals surface area contributed by atoms with Gasteiger partial charge in [0.25, 0.3) is 5.91 Å². The van der Waals surface area contributed by atoms with Crippen LogP contribution in [0.5, 0.6) is 0 Å². The Morgan fingerprint density at radius 2 is 2.14 bits per heavy atom. The van der Waals surface area contributed by atoms with Gasteiger partial charge < -0.3 is 10.1 Å². The summed E-state index contributed by atoms with van der Waals surface area (Å²) in [5.41, 5.74) is 3.31. The molecule has 0 bridgehead atoms. The van der Waals surface area contributed by atoms with Crippen molar-refractivity contribution in [2.75, 3.05) is 5.32 Å². The van der Waals surface area contributed by atoms with Gasteiger partial charge in [-0.1, -0.05) is 12.1 Å². The highest BCUT2D eigenvalue weighted by molar-refractivity contribution is 7.13. The molecule has 1 aliphatic rings. The number of aromatic nitrogens is 4. The van der Waals surface area contributed by atoms with Crippen LogP contribution in [0.2, 0.25) is 0 Å². The largest absolute Gasteiger partial charge is 0.451 e. The number of carbonyl (C=O) groups excluding carboxylic acids is 2. The number of thiophene rings is 1. The fraction of sp³-hybridized carbons (Fsp3) is 0.316.